The fraction of sp³-hybridized carbons (Fsp3) is 0.517. The normalized spacial score (nSPS) is 9.06. The van der Waals surface area contributed by atoms with Crippen LogP contribution >= 0.6 is 0 Å². The topological polar surface area (TPSA) is 69.4 Å². The van der Waals surface area contributed by atoms with Crippen LogP contribution in [0.25, 0.3) is 33.3 Å². The van der Waals surface area contributed by atoms with Crippen LogP contribution in [0.5, 0.6) is 0 Å². The maximum atomic E-state index is 4.43. The zero-order valence-corrected chi connectivity index (χ0v) is 15.6. The summed E-state index contributed by atoms with van der Waals surface area (Å²) in [5.74, 6) is 1.62. The second-order valence-corrected chi connectivity index (χ2v) is 7.34. The van der Waals surface area contributed by atoms with Gasteiger partial charge in [-0.2, -0.15) is 0 Å². The van der Waals surface area contributed by atoms with E-state index in [2.05, 4.69) is 63.4 Å². The van der Waals surface area contributed by atoms with E-state index in [9.17, 15) is 0 Å². The lowest BCUT2D eigenvalue weighted by Gasteiger charge is -2.07. The van der Waals surface area contributed by atoms with Crippen molar-refractivity contribution in [2.24, 2.45) is 5.92 Å². The van der Waals surface area contributed by atoms with Gasteiger partial charge in [0.2, 0.25) is 0 Å². The molecule has 5 nitrogen and oxygen atoms in total. The summed E-state index contributed by atoms with van der Waals surface area (Å²) in [6.07, 6.45) is 3.02. The largest absolute Gasteiger partial charge is 0.354 e. The van der Waals surface area contributed by atoms with E-state index >= 15 is 0 Å². The van der Waals surface area contributed by atoms with E-state index in [1.165, 1.54) is 17.4 Å². The van der Waals surface area contributed by atoms with Crippen LogP contribution in [0.15, 0.2) is 36.5 Å². The Morgan fingerprint density at radius 3 is 2.21 bits per heavy atom. The first-order valence-electron chi connectivity index (χ1n) is 9.24. The molecule has 3 N–H and O–H groups in total. The second kappa shape index (κ2) is 17.8. The minimum Gasteiger partial charge on any atom is -0.354 e. The van der Waals surface area contributed by atoms with Crippen molar-refractivity contribution in [2.45, 2.75) is 93.2 Å². The van der Waals surface area contributed by atoms with Gasteiger partial charge in [0.05, 0.1) is 5.52 Å². The lowest BCUT2D eigenvalue weighted by molar-refractivity contribution is 0.537. The summed E-state index contributed by atoms with van der Waals surface area (Å²) in [6.45, 7) is 8.43. The van der Waals surface area contributed by atoms with Crippen LogP contribution in [0, 0.1) is 12.8 Å². The Labute approximate surface area is 212 Å². The van der Waals surface area contributed by atoms with Crippen molar-refractivity contribution in [1.29, 1.82) is 0 Å². The van der Waals surface area contributed by atoms with Crippen molar-refractivity contribution in [2.75, 3.05) is 6.54 Å². The van der Waals surface area contributed by atoms with E-state index in [1.54, 1.807) is 0 Å². The predicted octanol–water partition coefficient (Wildman–Crippen LogP) is 9.64. The number of fused-ring (bicyclic) bond motifs is 2. The van der Waals surface area contributed by atoms with Gasteiger partial charge in [0.1, 0.15) is 5.82 Å². The Hall–Kier alpha value is -2.66. The number of rotatable bonds is 6. The van der Waals surface area contributed by atoms with Gasteiger partial charge in [-0.25, -0.2) is 9.97 Å². The number of nitrogens with one attached hydrogen (secondary N) is 3. The molecule has 0 aliphatic carbocycles. The molecule has 3 aromatic heterocycles. The third-order valence-electron chi connectivity index (χ3n) is 4.71. The molecule has 0 fully saturated rings. The van der Waals surface area contributed by atoms with Gasteiger partial charge < -0.3 is 15.3 Å². The van der Waals surface area contributed by atoms with Crippen LogP contribution in [0.4, 0.5) is 0 Å². The van der Waals surface area contributed by atoms with Crippen molar-refractivity contribution >= 4 is 22.1 Å². The number of aryl methyl sites for hydroxylation is 1. The summed E-state index contributed by atoms with van der Waals surface area (Å²) in [5.41, 5.74) is 6.38. The number of H-pyrrole nitrogens is 2. The third-order valence-corrected chi connectivity index (χ3v) is 4.71. The molecule has 0 aliphatic heterocycles. The Balaban J connectivity index is -0.000000350. The molecule has 0 aliphatic rings. The van der Waals surface area contributed by atoms with Gasteiger partial charge in [0, 0.05) is 34.9 Å². The zero-order valence-electron chi connectivity index (χ0n) is 15.6. The summed E-state index contributed by atoms with van der Waals surface area (Å²) in [6, 6.07) is 10.8. The maximum Gasteiger partial charge on any atom is 0.178 e. The standard InChI is InChI=1S/C21H25N5.8CH4/c1-13(2)6-8-22-12-15-4-5-18-16(10-15)11-19(26-18)17-7-9-23-21-20(17)24-14(3)25-21;;;;;;;;/h4-5,7,9-11,13,22,26H,6,8,12H2,1-3H3,(H,23,24,25);8*1H4. The fourth-order valence-corrected chi connectivity index (χ4v) is 3.31. The van der Waals surface area contributed by atoms with Gasteiger partial charge in [-0.1, -0.05) is 79.3 Å². The van der Waals surface area contributed by atoms with Crippen LogP contribution in [0.3, 0.4) is 0 Å². The molecule has 3 heterocycles. The molecule has 0 saturated carbocycles. The number of hydrogen-bond donors (Lipinski definition) is 3. The van der Waals surface area contributed by atoms with E-state index in [-0.39, 0.29) is 59.4 Å². The van der Waals surface area contributed by atoms with Gasteiger partial charge in [-0.3, -0.25) is 0 Å². The molecule has 4 rings (SSSR count). The minimum absolute atomic E-state index is 0. The number of nitrogens with zero attached hydrogens (tertiary/aromatic N) is 2. The highest BCUT2D eigenvalue weighted by molar-refractivity contribution is 5.94. The summed E-state index contributed by atoms with van der Waals surface area (Å²) < 4.78 is 0. The minimum atomic E-state index is 0. The first kappa shape index (κ1) is 41.6. The van der Waals surface area contributed by atoms with Gasteiger partial charge in [-0.05, 0) is 55.6 Å². The number of aromatic amines is 2. The van der Waals surface area contributed by atoms with E-state index in [0.717, 1.165) is 52.8 Å². The van der Waals surface area contributed by atoms with Gasteiger partial charge in [0.15, 0.2) is 5.65 Å². The summed E-state index contributed by atoms with van der Waals surface area (Å²) in [5, 5.41) is 4.76. The molecular weight excluding hydrogens is 418 g/mol. The summed E-state index contributed by atoms with van der Waals surface area (Å²) in [4.78, 5) is 15.6. The van der Waals surface area contributed by atoms with E-state index in [0.29, 0.717) is 0 Å². The molecule has 1 aromatic carbocycles. The van der Waals surface area contributed by atoms with Crippen molar-refractivity contribution in [1.82, 2.24) is 25.3 Å². The lowest BCUT2D eigenvalue weighted by Crippen LogP contribution is -2.16. The van der Waals surface area contributed by atoms with Crippen molar-refractivity contribution in [3.63, 3.8) is 0 Å². The molecule has 0 spiro atoms. The Morgan fingerprint density at radius 2 is 1.56 bits per heavy atom. The lowest BCUT2D eigenvalue weighted by atomic mass is 10.1. The molecule has 0 saturated heterocycles. The monoisotopic (exact) mass is 475 g/mol. The molecule has 0 unspecified atom stereocenters. The molecule has 0 amide bonds. The number of hydrogen-bond acceptors (Lipinski definition) is 3. The average molecular weight is 476 g/mol. The van der Waals surface area contributed by atoms with Gasteiger partial charge in [0.25, 0.3) is 0 Å². The molecule has 5 heteroatoms. The number of benzene rings is 1. The molecule has 0 radical (unpaired) electrons. The molecule has 4 aromatic rings. The number of imidazole rings is 1. The van der Waals surface area contributed by atoms with Crippen LogP contribution in [0.1, 0.15) is 91.1 Å². The second-order valence-electron chi connectivity index (χ2n) is 7.34. The predicted molar refractivity (Wildman–Crippen MR) is 161 cm³/mol. The first-order chi connectivity index (χ1) is 12.6. The van der Waals surface area contributed by atoms with Crippen molar-refractivity contribution in [3.8, 4) is 11.3 Å². The van der Waals surface area contributed by atoms with E-state index in [1.807, 2.05) is 19.2 Å². The number of pyridine rings is 1. The van der Waals surface area contributed by atoms with Gasteiger partial charge in [-0.15, -0.1) is 0 Å². The van der Waals surface area contributed by atoms with Crippen LogP contribution in [-0.2, 0) is 6.54 Å². The molecule has 0 bridgehead atoms. The SMILES string of the molecule is C.C.C.C.C.C.C.C.Cc1nc2nccc(-c3cc4cc(CNCCC(C)C)ccc4[nH]3)c2[nH]1. The highest BCUT2D eigenvalue weighted by Crippen LogP contribution is 2.29. The van der Waals surface area contributed by atoms with Crippen molar-refractivity contribution in [3.05, 3.63) is 47.9 Å². The molecular formula is C29H57N5. The number of aromatic nitrogens is 4. The van der Waals surface area contributed by atoms with Crippen molar-refractivity contribution < 1.29 is 0 Å². The maximum absolute atomic E-state index is 4.43. The summed E-state index contributed by atoms with van der Waals surface area (Å²) in [7, 11) is 0. The Kier molecular flexibility index (Phi) is 21.7. The quantitative estimate of drug-likeness (QED) is 0.243. The molecule has 34 heavy (non-hydrogen) atoms. The van der Waals surface area contributed by atoms with Crippen LogP contribution < -0.4 is 5.32 Å². The molecule has 198 valence electrons. The smallest absolute Gasteiger partial charge is 0.178 e. The van der Waals surface area contributed by atoms with E-state index in [4.69, 9.17) is 0 Å². The van der Waals surface area contributed by atoms with Gasteiger partial charge >= 0.3 is 0 Å². The Morgan fingerprint density at radius 1 is 0.882 bits per heavy atom. The van der Waals surface area contributed by atoms with E-state index < -0.39 is 0 Å². The van der Waals surface area contributed by atoms with Crippen LogP contribution in [-0.4, -0.2) is 26.5 Å². The Bertz CT molecular complexity index is 1040. The highest BCUT2D eigenvalue weighted by atomic mass is 15.0. The highest BCUT2D eigenvalue weighted by Gasteiger charge is 2.11. The van der Waals surface area contributed by atoms with Crippen LogP contribution in [0.2, 0.25) is 0 Å². The third kappa shape index (κ3) is 8.94. The molecule has 0 atom stereocenters. The zero-order chi connectivity index (χ0) is 18.1. The fourth-order valence-electron chi connectivity index (χ4n) is 3.31. The summed E-state index contributed by atoms with van der Waals surface area (Å²) >= 11 is 0. The average Bonchev–Trinajstić information content (AvgIpc) is 3.19. The first-order valence-corrected chi connectivity index (χ1v) is 9.24.